The van der Waals surface area contributed by atoms with Gasteiger partial charge in [0.1, 0.15) is 5.60 Å². The van der Waals surface area contributed by atoms with Crippen LogP contribution in [0.15, 0.2) is 24.3 Å². The van der Waals surface area contributed by atoms with Gasteiger partial charge in [-0.3, -0.25) is 4.79 Å². The van der Waals surface area contributed by atoms with Crippen molar-refractivity contribution < 1.29 is 24.4 Å². The summed E-state index contributed by atoms with van der Waals surface area (Å²) >= 11 is 0. The number of nitrogens with one attached hydrogen (secondary N) is 1. The standard InChI is InChI=1S/C19H25BN2O5/c1-18(2,3)27-17(24)22-14(11-21-16(23)19(4)7-8-19)9-12-5-6-13(20(25)26)10-15(12)22/h5-6,9-10,25-26H,7-8,11H2,1-4H3,(H,21,23). The second-order valence-electron chi connectivity index (χ2n) is 8.39. The van der Waals surface area contributed by atoms with Crippen molar-refractivity contribution in [3.8, 4) is 0 Å². The number of carbonyl (C=O) groups excluding carboxylic acids is 2. The minimum Gasteiger partial charge on any atom is -0.443 e. The Morgan fingerprint density at radius 2 is 1.93 bits per heavy atom. The largest absolute Gasteiger partial charge is 0.488 e. The molecule has 1 saturated carbocycles. The molecule has 0 spiro atoms. The van der Waals surface area contributed by atoms with Crippen LogP contribution in [0.1, 0.15) is 46.2 Å². The molecular formula is C19H25BN2O5. The maximum atomic E-state index is 12.8. The lowest BCUT2D eigenvalue weighted by Crippen LogP contribution is -2.33. The first-order chi connectivity index (χ1) is 12.5. The molecule has 1 heterocycles. The van der Waals surface area contributed by atoms with Crippen LogP contribution >= 0.6 is 0 Å². The summed E-state index contributed by atoms with van der Waals surface area (Å²) in [7, 11) is -1.64. The van der Waals surface area contributed by atoms with Crippen LogP contribution in [0, 0.1) is 5.41 Å². The molecule has 1 aliphatic carbocycles. The Kier molecular flexibility index (Phi) is 4.82. The number of hydrogen-bond acceptors (Lipinski definition) is 5. The Labute approximate surface area is 158 Å². The summed E-state index contributed by atoms with van der Waals surface area (Å²) in [6, 6.07) is 6.62. The molecule has 1 fully saturated rings. The molecule has 144 valence electrons. The fraction of sp³-hybridized carbons (Fsp3) is 0.474. The summed E-state index contributed by atoms with van der Waals surface area (Å²) in [6.45, 7) is 7.42. The number of benzene rings is 1. The summed E-state index contributed by atoms with van der Waals surface area (Å²) in [5.74, 6) is -0.0324. The predicted octanol–water partition coefficient (Wildman–Crippen LogP) is 1.52. The lowest BCUT2D eigenvalue weighted by atomic mass is 9.80. The molecule has 7 nitrogen and oxygen atoms in total. The summed E-state index contributed by atoms with van der Waals surface area (Å²) in [6.07, 6.45) is 1.15. The van der Waals surface area contributed by atoms with E-state index in [0.717, 1.165) is 18.2 Å². The van der Waals surface area contributed by atoms with Gasteiger partial charge in [0.2, 0.25) is 5.91 Å². The molecule has 2 aromatic rings. The number of fused-ring (bicyclic) bond motifs is 1. The van der Waals surface area contributed by atoms with Gasteiger partial charge in [-0.05, 0) is 51.2 Å². The number of nitrogens with zero attached hydrogens (tertiary/aromatic N) is 1. The van der Waals surface area contributed by atoms with Gasteiger partial charge in [-0.2, -0.15) is 0 Å². The van der Waals surface area contributed by atoms with Crippen LogP contribution in [0.2, 0.25) is 0 Å². The third kappa shape index (κ3) is 4.17. The van der Waals surface area contributed by atoms with Gasteiger partial charge in [0.25, 0.3) is 0 Å². The van der Waals surface area contributed by atoms with Gasteiger partial charge in [-0.25, -0.2) is 9.36 Å². The Balaban J connectivity index is 1.98. The molecule has 1 aromatic carbocycles. The number of hydrogen-bond donors (Lipinski definition) is 3. The van der Waals surface area contributed by atoms with Gasteiger partial charge < -0.3 is 20.1 Å². The third-order valence-electron chi connectivity index (χ3n) is 4.76. The van der Waals surface area contributed by atoms with Crippen molar-refractivity contribution >= 4 is 35.5 Å². The van der Waals surface area contributed by atoms with Crippen molar-refractivity contribution in [1.29, 1.82) is 0 Å². The molecule has 0 unspecified atom stereocenters. The SMILES string of the molecule is CC(C)(C)OC(=O)n1c(CNC(=O)C2(C)CC2)cc2ccc(B(O)O)cc21. The first kappa shape index (κ1) is 19.4. The number of carbonyl (C=O) groups is 2. The van der Waals surface area contributed by atoms with Crippen molar-refractivity contribution in [1.82, 2.24) is 9.88 Å². The zero-order chi connectivity index (χ0) is 20.0. The van der Waals surface area contributed by atoms with Crippen molar-refractivity contribution in [2.75, 3.05) is 0 Å². The van der Waals surface area contributed by atoms with Crippen molar-refractivity contribution in [3.05, 3.63) is 30.0 Å². The molecule has 1 aliphatic rings. The Morgan fingerprint density at radius 1 is 1.26 bits per heavy atom. The topological polar surface area (TPSA) is 101 Å². The molecule has 0 radical (unpaired) electrons. The quantitative estimate of drug-likeness (QED) is 0.707. The van der Waals surface area contributed by atoms with E-state index in [4.69, 9.17) is 4.74 Å². The van der Waals surface area contributed by atoms with Crippen molar-refractivity contribution in [2.24, 2.45) is 5.41 Å². The average Bonchev–Trinajstić information content (AvgIpc) is 3.19. The first-order valence-corrected chi connectivity index (χ1v) is 9.02. The summed E-state index contributed by atoms with van der Waals surface area (Å²) in [4.78, 5) is 25.1. The molecule has 0 bridgehead atoms. The smallest absolute Gasteiger partial charge is 0.443 e. The lowest BCUT2D eigenvalue weighted by molar-refractivity contribution is -0.125. The van der Waals surface area contributed by atoms with Crippen LogP contribution in [0.4, 0.5) is 4.79 Å². The average molecular weight is 372 g/mol. The van der Waals surface area contributed by atoms with E-state index < -0.39 is 18.8 Å². The zero-order valence-electron chi connectivity index (χ0n) is 16.1. The van der Waals surface area contributed by atoms with E-state index in [-0.39, 0.29) is 23.3 Å². The Hall–Kier alpha value is -2.32. The molecule has 0 atom stereocenters. The van der Waals surface area contributed by atoms with E-state index in [2.05, 4.69) is 5.32 Å². The van der Waals surface area contributed by atoms with Crippen LogP contribution in [0.5, 0.6) is 0 Å². The van der Waals surface area contributed by atoms with Crippen LogP contribution in [-0.2, 0) is 16.1 Å². The molecule has 8 heteroatoms. The highest BCUT2D eigenvalue weighted by Gasteiger charge is 2.44. The highest BCUT2D eigenvalue weighted by molar-refractivity contribution is 6.58. The summed E-state index contributed by atoms with van der Waals surface area (Å²) < 4.78 is 6.88. The Morgan fingerprint density at radius 3 is 2.48 bits per heavy atom. The third-order valence-corrected chi connectivity index (χ3v) is 4.76. The van der Waals surface area contributed by atoms with E-state index >= 15 is 0 Å². The monoisotopic (exact) mass is 372 g/mol. The van der Waals surface area contributed by atoms with Gasteiger partial charge >= 0.3 is 13.2 Å². The molecule has 0 saturated heterocycles. The number of rotatable bonds is 4. The normalized spacial score (nSPS) is 15.5. The summed E-state index contributed by atoms with van der Waals surface area (Å²) in [5.41, 5.74) is 0.338. The molecule has 27 heavy (non-hydrogen) atoms. The van der Waals surface area contributed by atoms with Gasteiger partial charge in [0, 0.05) is 16.5 Å². The second-order valence-corrected chi connectivity index (χ2v) is 8.39. The predicted molar refractivity (Wildman–Crippen MR) is 103 cm³/mol. The highest BCUT2D eigenvalue weighted by atomic mass is 16.6. The number of aromatic nitrogens is 1. The van der Waals surface area contributed by atoms with E-state index in [0.29, 0.717) is 11.2 Å². The molecule has 1 amide bonds. The van der Waals surface area contributed by atoms with E-state index in [1.54, 1.807) is 39.0 Å². The fourth-order valence-electron chi connectivity index (χ4n) is 2.89. The lowest BCUT2D eigenvalue weighted by Gasteiger charge is -2.21. The Bertz CT molecular complexity index is 893. The summed E-state index contributed by atoms with van der Waals surface area (Å²) in [5, 5.41) is 22.5. The fourth-order valence-corrected chi connectivity index (χ4v) is 2.89. The van der Waals surface area contributed by atoms with Gasteiger partial charge in [-0.1, -0.05) is 19.1 Å². The zero-order valence-corrected chi connectivity index (χ0v) is 16.1. The van der Waals surface area contributed by atoms with Gasteiger partial charge in [0.05, 0.1) is 12.1 Å². The maximum absolute atomic E-state index is 12.8. The van der Waals surface area contributed by atoms with Crippen molar-refractivity contribution in [2.45, 2.75) is 52.7 Å². The molecule has 0 aliphatic heterocycles. The second kappa shape index (κ2) is 6.69. The van der Waals surface area contributed by atoms with E-state index in [9.17, 15) is 19.6 Å². The van der Waals surface area contributed by atoms with Crippen LogP contribution in [-0.4, -0.2) is 39.3 Å². The maximum Gasteiger partial charge on any atom is 0.488 e. The highest BCUT2D eigenvalue weighted by Crippen LogP contribution is 2.45. The number of amides is 1. The first-order valence-electron chi connectivity index (χ1n) is 9.02. The van der Waals surface area contributed by atoms with Gasteiger partial charge in [-0.15, -0.1) is 0 Å². The molecule has 1 aromatic heterocycles. The van der Waals surface area contributed by atoms with Crippen LogP contribution in [0.25, 0.3) is 10.9 Å². The number of ether oxygens (including phenoxy) is 1. The van der Waals surface area contributed by atoms with E-state index in [1.807, 2.05) is 6.92 Å². The molecule has 3 rings (SSSR count). The van der Waals surface area contributed by atoms with Crippen LogP contribution < -0.4 is 10.8 Å². The minimum absolute atomic E-state index is 0.0324. The molecule has 3 N–H and O–H groups in total. The van der Waals surface area contributed by atoms with Gasteiger partial charge in [0.15, 0.2) is 0 Å². The van der Waals surface area contributed by atoms with E-state index in [1.165, 1.54) is 10.6 Å². The van der Waals surface area contributed by atoms with Crippen molar-refractivity contribution in [3.63, 3.8) is 0 Å². The van der Waals surface area contributed by atoms with Crippen LogP contribution in [0.3, 0.4) is 0 Å². The molecular weight excluding hydrogens is 347 g/mol. The minimum atomic E-state index is -1.64.